The van der Waals surface area contributed by atoms with Crippen LogP contribution in [0.1, 0.15) is 36.9 Å². The molecule has 0 aliphatic carbocycles. The molecular weight excluding hydrogens is 456 g/mol. The van der Waals surface area contributed by atoms with Crippen molar-refractivity contribution in [3.63, 3.8) is 0 Å². The molecule has 1 unspecified atom stereocenters. The number of thioether (sulfide) groups is 1. The first-order valence-electron chi connectivity index (χ1n) is 11.5. The van der Waals surface area contributed by atoms with E-state index >= 15 is 0 Å². The summed E-state index contributed by atoms with van der Waals surface area (Å²) in [6, 6.07) is 25.3. The molecule has 0 radical (unpaired) electrons. The lowest BCUT2D eigenvalue weighted by molar-refractivity contribution is 0.244. The zero-order chi connectivity index (χ0) is 24.4. The Labute approximate surface area is 209 Å². The van der Waals surface area contributed by atoms with Crippen molar-refractivity contribution in [2.45, 2.75) is 31.2 Å². The average molecular weight is 483 g/mol. The predicted octanol–water partition coefficient (Wildman–Crippen LogP) is 6.72. The van der Waals surface area contributed by atoms with Gasteiger partial charge in [0.25, 0.3) is 5.89 Å². The third-order valence-corrected chi connectivity index (χ3v) is 6.93. The molecule has 1 aromatic heterocycles. The fourth-order valence-electron chi connectivity index (χ4n) is 4.32. The molecule has 0 fully saturated rings. The summed E-state index contributed by atoms with van der Waals surface area (Å²) in [7, 11) is 0. The number of nitrogens with one attached hydrogen (secondary N) is 1. The van der Waals surface area contributed by atoms with Crippen molar-refractivity contribution in [1.29, 1.82) is 0 Å². The largest absolute Gasteiger partial charge is 0.334 e. The fourth-order valence-corrected chi connectivity index (χ4v) is 4.77. The van der Waals surface area contributed by atoms with Crippen molar-refractivity contribution in [1.82, 2.24) is 15.5 Å². The van der Waals surface area contributed by atoms with E-state index in [2.05, 4.69) is 29.5 Å². The Morgan fingerprint density at radius 2 is 1.80 bits per heavy atom. The minimum Gasteiger partial charge on any atom is -0.334 e. The first-order chi connectivity index (χ1) is 17.1. The van der Waals surface area contributed by atoms with Crippen molar-refractivity contribution in [2.24, 2.45) is 0 Å². The van der Waals surface area contributed by atoms with Crippen LogP contribution < -0.4 is 10.2 Å². The van der Waals surface area contributed by atoms with Gasteiger partial charge in [-0.25, -0.2) is 4.79 Å². The zero-order valence-corrected chi connectivity index (χ0v) is 20.7. The van der Waals surface area contributed by atoms with Gasteiger partial charge in [-0.15, -0.1) is 11.8 Å². The number of aryl methyl sites for hydroxylation is 1. The van der Waals surface area contributed by atoms with Crippen molar-refractivity contribution < 1.29 is 9.32 Å². The standard InChI is InChI=1S/C28H26N4O2S/c1-4-19-13-15-21(16-14-19)26-30-27(34-31-26)24-18(2)32(22-11-8-12-23(17-22)35-3)28(33)29-25(24)20-9-6-5-7-10-20/h5-17,25H,4H2,1-3H3,(H,29,33). The molecule has 0 saturated heterocycles. The summed E-state index contributed by atoms with van der Waals surface area (Å²) in [4.78, 5) is 20.9. The molecule has 3 aromatic carbocycles. The molecule has 1 aliphatic rings. The highest BCUT2D eigenvalue weighted by molar-refractivity contribution is 7.98. The summed E-state index contributed by atoms with van der Waals surface area (Å²) in [5.41, 5.74) is 5.38. The van der Waals surface area contributed by atoms with Gasteiger partial charge in [0.05, 0.1) is 17.3 Å². The van der Waals surface area contributed by atoms with Crippen LogP contribution in [0.15, 0.2) is 94.0 Å². The Balaban J connectivity index is 1.63. The molecule has 0 saturated carbocycles. The quantitative estimate of drug-likeness (QED) is 0.309. The lowest BCUT2D eigenvalue weighted by Gasteiger charge is -2.35. The lowest BCUT2D eigenvalue weighted by Crippen LogP contribution is -2.46. The smallest absolute Gasteiger partial charge is 0.326 e. The second-order valence-electron chi connectivity index (χ2n) is 8.30. The van der Waals surface area contributed by atoms with Gasteiger partial charge in [-0.2, -0.15) is 4.98 Å². The highest BCUT2D eigenvalue weighted by atomic mass is 32.2. The third kappa shape index (κ3) is 4.47. The van der Waals surface area contributed by atoms with Crippen LogP contribution >= 0.6 is 11.8 Å². The number of amides is 2. The highest BCUT2D eigenvalue weighted by Gasteiger charge is 2.36. The molecule has 2 amide bonds. The number of nitrogens with zero attached hydrogens (tertiary/aromatic N) is 3. The molecule has 0 bridgehead atoms. The van der Waals surface area contributed by atoms with E-state index in [1.165, 1.54) is 5.56 Å². The van der Waals surface area contributed by atoms with E-state index < -0.39 is 6.04 Å². The Kier molecular flexibility index (Phi) is 6.42. The van der Waals surface area contributed by atoms with Crippen LogP contribution in [-0.4, -0.2) is 22.4 Å². The summed E-state index contributed by atoms with van der Waals surface area (Å²) < 4.78 is 5.80. The minimum atomic E-state index is -0.417. The molecule has 0 spiro atoms. The van der Waals surface area contributed by atoms with Crippen LogP contribution in [0.25, 0.3) is 17.0 Å². The number of aromatic nitrogens is 2. The van der Waals surface area contributed by atoms with Crippen molar-refractivity contribution in [3.05, 3.63) is 102 Å². The van der Waals surface area contributed by atoms with Gasteiger partial charge in [-0.3, -0.25) is 4.90 Å². The molecule has 2 heterocycles. The molecule has 1 atom stereocenters. The topological polar surface area (TPSA) is 71.3 Å². The minimum absolute atomic E-state index is 0.201. The van der Waals surface area contributed by atoms with E-state index in [0.717, 1.165) is 39.4 Å². The number of anilines is 1. The number of carbonyl (C=O) groups is 1. The maximum atomic E-state index is 13.4. The van der Waals surface area contributed by atoms with Crippen LogP contribution in [0.2, 0.25) is 0 Å². The zero-order valence-electron chi connectivity index (χ0n) is 19.9. The fraction of sp³-hybridized carbons (Fsp3) is 0.179. The Hall–Kier alpha value is -3.84. The highest BCUT2D eigenvalue weighted by Crippen LogP contribution is 2.39. The Bertz CT molecular complexity index is 1380. The van der Waals surface area contributed by atoms with Crippen LogP contribution in [0.5, 0.6) is 0 Å². The van der Waals surface area contributed by atoms with E-state index in [1.54, 1.807) is 16.7 Å². The van der Waals surface area contributed by atoms with E-state index in [0.29, 0.717) is 11.7 Å². The van der Waals surface area contributed by atoms with Gasteiger partial charge >= 0.3 is 6.03 Å². The molecule has 6 nitrogen and oxygen atoms in total. The predicted molar refractivity (Wildman–Crippen MR) is 140 cm³/mol. The molecule has 176 valence electrons. The molecule has 35 heavy (non-hydrogen) atoms. The van der Waals surface area contributed by atoms with Crippen molar-refractivity contribution >= 4 is 29.1 Å². The molecule has 7 heteroatoms. The van der Waals surface area contributed by atoms with E-state index in [-0.39, 0.29) is 6.03 Å². The number of hydrogen-bond acceptors (Lipinski definition) is 5. The van der Waals surface area contributed by atoms with Crippen LogP contribution in [0.3, 0.4) is 0 Å². The molecule has 1 aliphatic heterocycles. The lowest BCUT2D eigenvalue weighted by atomic mass is 9.94. The summed E-state index contributed by atoms with van der Waals surface area (Å²) in [6.07, 6.45) is 2.98. The summed E-state index contributed by atoms with van der Waals surface area (Å²) in [5, 5.41) is 7.43. The van der Waals surface area contributed by atoms with Crippen molar-refractivity contribution in [3.8, 4) is 11.4 Å². The maximum Gasteiger partial charge on any atom is 0.326 e. The van der Waals surface area contributed by atoms with Crippen LogP contribution in [0, 0.1) is 0 Å². The van der Waals surface area contributed by atoms with E-state index in [1.807, 2.05) is 79.9 Å². The first kappa shape index (κ1) is 22.9. The van der Waals surface area contributed by atoms with Gasteiger partial charge in [0.15, 0.2) is 0 Å². The monoisotopic (exact) mass is 482 g/mol. The number of urea groups is 1. The molecule has 1 N–H and O–H groups in total. The number of allylic oxidation sites excluding steroid dienone is 1. The van der Waals surface area contributed by atoms with Crippen LogP contribution in [-0.2, 0) is 6.42 Å². The number of carbonyl (C=O) groups excluding carboxylic acids is 1. The Morgan fingerprint density at radius 3 is 2.51 bits per heavy atom. The Morgan fingerprint density at radius 1 is 1.03 bits per heavy atom. The third-order valence-electron chi connectivity index (χ3n) is 6.21. The summed E-state index contributed by atoms with van der Waals surface area (Å²) >= 11 is 1.63. The molecular formula is C28H26N4O2S. The average Bonchev–Trinajstić information content (AvgIpc) is 3.39. The number of rotatable bonds is 6. The molecule has 5 rings (SSSR count). The number of hydrogen-bond donors (Lipinski definition) is 1. The second kappa shape index (κ2) is 9.80. The van der Waals surface area contributed by atoms with Gasteiger partial charge < -0.3 is 9.84 Å². The second-order valence-corrected chi connectivity index (χ2v) is 9.18. The van der Waals surface area contributed by atoms with Crippen LogP contribution in [0.4, 0.5) is 10.5 Å². The normalized spacial score (nSPS) is 15.9. The SMILES string of the molecule is CCc1ccc(-c2noc(C3=C(C)N(c4cccc(SC)c4)C(=O)NC3c3ccccc3)n2)cc1. The van der Waals surface area contributed by atoms with E-state index in [4.69, 9.17) is 9.51 Å². The van der Waals surface area contributed by atoms with Gasteiger partial charge in [0.1, 0.15) is 0 Å². The van der Waals surface area contributed by atoms with Crippen molar-refractivity contribution in [2.75, 3.05) is 11.2 Å². The van der Waals surface area contributed by atoms with Gasteiger partial charge in [0.2, 0.25) is 5.82 Å². The first-order valence-corrected chi connectivity index (χ1v) is 12.7. The maximum absolute atomic E-state index is 13.4. The van der Waals surface area contributed by atoms with E-state index in [9.17, 15) is 4.79 Å². The summed E-state index contributed by atoms with van der Waals surface area (Å²) in [5.74, 6) is 0.902. The molecule has 4 aromatic rings. The number of benzene rings is 3. The summed E-state index contributed by atoms with van der Waals surface area (Å²) in [6.45, 7) is 4.05. The van der Waals surface area contributed by atoms with Gasteiger partial charge in [-0.05, 0) is 48.9 Å². The van der Waals surface area contributed by atoms with Gasteiger partial charge in [0, 0.05) is 16.2 Å². The van der Waals surface area contributed by atoms with Gasteiger partial charge in [-0.1, -0.05) is 72.7 Å².